The van der Waals surface area contributed by atoms with E-state index in [0.29, 0.717) is 12.8 Å². The summed E-state index contributed by atoms with van der Waals surface area (Å²) < 4.78 is 34.2. The number of rotatable bonds is 45. The molecule has 0 radical (unpaired) electrons. The third kappa shape index (κ3) is 27.5. The zero-order valence-electron chi connectivity index (χ0n) is 48.1. The van der Waals surface area contributed by atoms with E-state index in [1.165, 1.54) is 135 Å². The Labute approximate surface area is 472 Å². The highest BCUT2D eigenvalue weighted by Crippen LogP contribution is 2.33. The Kier molecular flexibility index (Phi) is 39.4. The smallest absolute Gasteiger partial charge is 0.220 e. The van der Waals surface area contributed by atoms with Crippen LogP contribution in [0, 0.1) is 0 Å². The number of unbranched alkanes of at least 4 members (excludes halogenated alkanes) is 25. The monoisotopic (exact) mass is 1130 g/mol. The van der Waals surface area contributed by atoms with Crippen LogP contribution in [0.25, 0.3) is 0 Å². The maximum Gasteiger partial charge on any atom is 0.220 e. The molecule has 12 N–H and O–H groups in total. The molecule has 19 nitrogen and oxygen atoms in total. The van der Waals surface area contributed by atoms with Crippen molar-refractivity contribution in [2.45, 2.75) is 311 Å². The summed E-state index contributed by atoms with van der Waals surface area (Å²) in [6.45, 7) is 1.67. The van der Waals surface area contributed by atoms with E-state index in [-0.39, 0.29) is 18.9 Å². The van der Waals surface area contributed by atoms with Crippen LogP contribution in [0.4, 0.5) is 0 Å². The number of carbonyl (C=O) groups is 1. The molecule has 3 aliphatic heterocycles. The van der Waals surface area contributed by atoms with Crippen LogP contribution in [0.5, 0.6) is 0 Å². The Morgan fingerprint density at radius 3 is 1.27 bits per heavy atom. The van der Waals surface area contributed by atoms with Crippen molar-refractivity contribution >= 4 is 5.91 Å². The van der Waals surface area contributed by atoms with Crippen LogP contribution >= 0.6 is 0 Å². The summed E-state index contributed by atoms with van der Waals surface area (Å²) in [7, 11) is 0. The molecule has 0 spiro atoms. The lowest BCUT2D eigenvalue weighted by Gasteiger charge is -2.48. The van der Waals surface area contributed by atoms with Gasteiger partial charge >= 0.3 is 0 Å². The molecule has 3 saturated heterocycles. The molecule has 0 aromatic rings. The number of nitrogens with one attached hydrogen (secondary N) is 1. The van der Waals surface area contributed by atoms with Gasteiger partial charge in [0.05, 0.1) is 38.6 Å². The van der Waals surface area contributed by atoms with Crippen LogP contribution in [0.15, 0.2) is 36.5 Å². The summed E-state index contributed by atoms with van der Waals surface area (Å²) in [6, 6.07) is -0.987. The lowest BCUT2D eigenvalue weighted by molar-refractivity contribution is -0.379. The predicted molar refractivity (Wildman–Crippen MR) is 300 cm³/mol. The van der Waals surface area contributed by atoms with Crippen molar-refractivity contribution in [1.29, 1.82) is 0 Å². The largest absolute Gasteiger partial charge is 0.394 e. The Morgan fingerprint density at radius 2 is 0.810 bits per heavy atom. The van der Waals surface area contributed by atoms with Crippen LogP contribution in [0.1, 0.15) is 206 Å². The van der Waals surface area contributed by atoms with Gasteiger partial charge in [-0.3, -0.25) is 4.79 Å². The Balaban J connectivity index is 1.46. The molecule has 3 fully saturated rings. The van der Waals surface area contributed by atoms with E-state index in [4.69, 9.17) is 28.4 Å². The van der Waals surface area contributed by atoms with E-state index in [1.54, 1.807) is 6.08 Å². The summed E-state index contributed by atoms with van der Waals surface area (Å²) >= 11 is 0. The van der Waals surface area contributed by atoms with Gasteiger partial charge in [0.1, 0.15) is 73.2 Å². The summed E-state index contributed by atoms with van der Waals surface area (Å²) in [5, 5.41) is 120. The van der Waals surface area contributed by atoms with E-state index >= 15 is 0 Å². The van der Waals surface area contributed by atoms with E-state index in [9.17, 15) is 61.0 Å². The molecule has 0 bridgehead atoms. The highest BCUT2D eigenvalue weighted by Gasteiger charge is 2.53. The summed E-state index contributed by atoms with van der Waals surface area (Å²) in [6.07, 6.45) is 20.0. The zero-order chi connectivity index (χ0) is 57.6. The number of aliphatic hydroxyl groups is 11. The lowest BCUT2D eigenvalue weighted by atomic mass is 9.96. The van der Waals surface area contributed by atoms with Gasteiger partial charge in [-0.05, 0) is 57.8 Å². The average Bonchev–Trinajstić information content (AvgIpc) is 3.57. The first-order valence-corrected chi connectivity index (χ1v) is 30.7. The lowest BCUT2D eigenvalue weighted by Crippen LogP contribution is -2.66. The number of ether oxygens (including phenoxy) is 6. The van der Waals surface area contributed by atoms with Crippen molar-refractivity contribution in [1.82, 2.24) is 5.32 Å². The summed E-state index contributed by atoms with van der Waals surface area (Å²) in [5.74, 6) is -0.288. The number of aliphatic hydroxyl groups excluding tert-OH is 11. The SMILES string of the molecule is CCCCCCC/C=C/CC/C=C/C(O)C(COC1OC(CO)C(OC2OC(CO)C(OC3OC(CO)C(O)C(O)C3O)C(O)C2O)C(O)C1O)NC(=O)CCCCCCCCCCCCC/C=C\CCCCCCCCCC. The number of hydrogen-bond acceptors (Lipinski definition) is 18. The van der Waals surface area contributed by atoms with Crippen LogP contribution in [-0.4, -0.2) is 193 Å². The minimum atomic E-state index is -1.98. The molecule has 17 atom stereocenters. The molecule has 1 amide bonds. The van der Waals surface area contributed by atoms with E-state index in [1.807, 2.05) is 6.08 Å². The Bertz CT molecular complexity index is 1590. The van der Waals surface area contributed by atoms with Crippen molar-refractivity contribution < 1.29 is 89.4 Å². The van der Waals surface area contributed by atoms with E-state index in [2.05, 4.69) is 43.5 Å². The number of allylic oxidation sites excluding steroid dienone is 5. The van der Waals surface area contributed by atoms with Crippen LogP contribution < -0.4 is 5.32 Å². The summed E-state index contributed by atoms with van der Waals surface area (Å²) in [4.78, 5) is 13.3. The van der Waals surface area contributed by atoms with Gasteiger partial charge in [-0.15, -0.1) is 0 Å². The van der Waals surface area contributed by atoms with Crippen molar-refractivity contribution in [3.63, 3.8) is 0 Å². The zero-order valence-corrected chi connectivity index (χ0v) is 48.1. The van der Waals surface area contributed by atoms with Crippen molar-refractivity contribution in [3.05, 3.63) is 36.5 Å². The van der Waals surface area contributed by atoms with Gasteiger partial charge in [0.2, 0.25) is 5.91 Å². The average molecular weight is 1130 g/mol. The number of carbonyl (C=O) groups excluding carboxylic acids is 1. The second-order valence-electron chi connectivity index (χ2n) is 22.2. The molecule has 3 aliphatic rings. The standard InChI is InChI=1S/C60H109NO18/c1-3-5-7-9-11-13-15-16-17-18-19-20-21-22-23-24-25-26-28-30-32-34-36-38-48(66)61-43(44(65)37-35-33-31-29-27-14-12-10-8-6-4-2)42-74-58-54(72)51(69)56(46(40-63)76-58)79-60-55(73)52(70)57(47(41-64)77-60)78-59-53(71)50(68)49(67)45(39-62)75-59/h18-19,27,29,35,37,43-47,49-60,62-65,67-73H,3-17,20-26,28,30-34,36,38-42H2,1-2H3,(H,61,66)/b19-18-,29-27+,37-35+. The van der Waals surface area contributed by atoms with Gasteiger partial charge in [-0.1, -0.05) is 179 Å². The fourth-order valence-corrected chi connectivity index (χ4v) is 10.3. The summed E-state index contributed by atoms with van der Waals surface area (Å²) in [5.41, 5.74) is 0. The van der Waals surface area contributed by atoms with Gasteiger partial charge in [0, 0.05) is 6.42 Å². The third-order valence-electron chi connectivity index (χ3n) is 15.4. The first-order chi connectivity index (χ1) is 38.3. The maximum atomic E-state index is 13.3. The first kappa shape index (κ1) is 71.3. The molecule has 19 heteroatoms. The molecule has 0 aromatic heterocycles. The molecule has 0 aromatic carbocycles. The highest BCUT2D eigenvalue weighted by molar-refractivity contribution is 5.76. The van der Waals surface area contributed by atoms with Gasteiger partial charge in [-0.2, -0.15) is 0 Å². The second-order valence-corrected chi connectivity index (χ2v) is 22.2. The molecule has 3 rings (SSSR count). The minimum Gasteiger partial charge on any atom is -0.394 e. The first-order valence-electron chi connectivity index (χ1n) is 30.7. The van der Waals surface area contributed by atoms with Crippen molar-refractivity contribution in [2.24, 2.45) is 0 Å². The molecule has 79 heavy (non-hydrogen) atoms. The molecule has 0 saturated carbocycles. The molecule has 0 aliphatic carbocycles. The molecule has 17 unspecified atom stereocenters. The fraction of sp³-hybridized carbons (Fsp3) is 0.883. The molecule has 462 valence electrons. The third-order valence-corrected chi connectivity index (χ3v) is 15.4. The Hall–Kier alpha value is -1.99. The molecule has 3 heterocycles. The molecular formula is C60H109NO18. The number of amides is 1. The van der Waals surface area contributed by atoms with Crippen LogP contribution in [0.3, 0.4) is 0 Å². The topological polar surface area (TPSA) is 307 Å². The van der Waals surface area contributed by atoms with Gasteiger partial charge in [-0.25, -0.2) is 0 Å². The van der Waals surface area contributed by atoms with Crippen molar-refractivity contribution in [3.8, 4) is 0 Å². The molecular weight excluding hydrogens is 1020 g/mol. The highest BCUT2D eigenvalue weighted by atomic mass is 16.8. The fourth-order valence-electron chi connectivity index (χ4n) is 10.3. The van der Waals surface area contributed by atoms with Gasteiger partial charge in [0.25, 0.3) is 0 Å². The second kappa shape index (κ2) is 43.6. The van der Waals surface area contributed by atoms with Gasteiger partial charge in [0.15, 0.2) is 18.9 Å². The van der Waals surface area contributed by atoms with E-state index in [0.717, 1.165) is 38.5 Å². The van der Waals surface area contributed by atoms with Crippen molar-refractivity contribution in [2.75, 3.05) is 26.4 Å². The minimum absolute atomic E-state index is 0.235. The quantitative estimate of drug-likeness (QED) is 0.0257. The number of hydrogen-bond donors (Lipinski definition) is 12. The normalized spacial score (nSPS) is 30.5. The van der Waals surface area contributed by atoms with Crippen LogP contribution in [0.2, 0.25) is 0 Å². The predicted octanol–water partition coefficient (Wildman–Crippen LogP) is 5.71. The van der Waals surface area contributed by atoms with Crippen LogP contribution in [-0.2, 0) is 33.2 Å². The van der Waals surface area contributed by atoms with E-state index < -0.39 is 124 Å². The Morgan fingerprint density at radius 1 is 0.443 bits per heavy atom. The van der Waals surface area contributed by atoms with Gasteiger partial charge < -0.3 is 89.9 Å². The maximum absolute atomic E-state index is 13.3.